The molecule has 0 aliphatic carbocycles. The van der Waals surface area contributed by atoms with Crippen LogP contribution >= 0.6 is 0 Å². The summed E-state index contributed by atoms with van der Waals surface area (Å²) in [4.78, 5) is 40.2. The number of carbonyl (C=O) groups is 3. The van der Waals surface area contributed by atoms with Gasteiger partial charge in [0.1, 0.15) is 23.5 Å². The SMILES string of the molecule is C[C@@H]1OC(C)(C)N(C(=O)OC(C)(C)C)[C@H]1[C@@H](O)[C@H](F)C(=O)N1C(=O)O[C@H](c2ccccc2)[C@@H]1C. The summed E-state index contributed by atoms with van der Waals surface area (Å²) in [5.74, 6) is -1.25. The summed E-state index contributed by atoms with van der Waals surface area (Å²) in [7, 11) is 0. The zero-order valence-electron chi connectivity index (χ0n) is 20.5. The van der Waals surface area contributed by atoms with Gasteiger partial charge >= 0.3 is 12.2 Å². The van der Waals surface area contributed by atoms with E-state index in [0.29, 0.717) is 10.5 Å². The summed E-state index contributed by atoms with van der Waals surface area (Å²) in [6.07, 6.45) is -7.90. The fourth-order valence-electron chi connectivity index (χ4n) is 4.53. The van der Waals surface area contributed by atoms with Crippen LogP contribution in [0.15, 0.2) is 30.3 Å². The van der Waals surface area contributed by atoms with Crippen LogP contribution in [0.3, 0.4) is 0 Å². The average molecular weight is 481 g/mol. The Balaban J connectivity index is 1.82. The molecule has 0 saturated carbocycles. The van der Waals surface area contributed by atoms with Crippen molar-refractivity contribution in [3.05, 3.63) is 35.9 Å². The van der Waals surface area contributed by atoms with Crippen molar-refractivity contribution in [2.75, 3.05) is 0 Å². The number of hydrogen-bond donors (Lipinski definition) is 1. The first-order valence-corrected chi connectivity index (χ1v) is 11.3. The van der Waals surface area contributed by atoms with Gasteiger partial charge in [0.05, 0.1) is 18.2 Å². The third-order valence-electron chi connectivity index (χ3n) is 5.94. The molecule has 34 heavy (non-hydrogen) atoms. The Morgan fingerprint density at radius 1 is 1.18 bits per heavy atom. The molecule has 2 aliphatic rings. The lowest BCUT2D eigenvalue weighted by atomic mass is 9.98. The number of rotatable bonds is 4. The standard InChI is InChI=1S/C24H33FN2O7/c1-13-19(15-11-9-8-10-12-15)32-21(30)26(13)20(29)16(25)18(28)17-14(2)33-24(6,7)27(17)22(31)34-23(3,4)5/h8-14,16-19,28H,1-7H3/t13-,14-,16-,17+,18-,19-/m0/s1. The molecule has 2 fully saturated rings. The Morgan fingerprint density at radius 3 is 2.32 bits per heavy atom. The number of carbonyl (C=O) groups excluding carboxylic acids is 3. The van der Waals surface area contributed by atoms with Crippen LogP contribution in [-0.4, -0.2) is 74.8 Å². The number of ether oxygens (including phenoxy) is 3. The minimum atomic E-state index is -2.51. The van der Waals surface area contributed by atoms with Crippen molar-refractivity contribution in [2.24, 2.45) is 0 Å². The molecular formula is C24H33FN2O7. The molecular weight excluding hydrogens is 447 g/mol. The van der Waals surface area contributed by atoms with Crippen molar-refractivity contribution in [2.45, 2.75) is 96.4 Å². The number of cyclic esters (lactones) is 1. The second kappa shape index (κ2) is 9.14. The van der Waals surface area contributed by atoms with Gasteiger partial charge in [0, 0.05) is 0 Å². The molecule has 0 unspecified atom stereocenters. The molecule has 2 heterocycles. The Kier molecular flexibility index (Phi) is 6.96. The number of aliphatic hydroxyl groups is 1. The number of aliphatic hydroxyl groups excluding tert-OH is 1. The van der Waals surface area contributed by atoms with Gasteiger partial charge in [-0.3, -0.25) is 9.69 Å². The molecule has 3 amide bonds. The summed E-state index contributed by atoms with van der Waals surface area (Å²) in [5.41, 5.74) is -1.42. The second-order valence-electron chi connectivity index (χ2n) is 10.2. The molecule has 2 saturated heterocycles. The minimum Gasteiger partial charge on any atom is -0.444 e. The van der Waals surface area contributed by atoms with Gasteiger partial charge in [-0.1, -0.05) is 30.3 Å². The van der Waals surface area contributed by atoms with E-state index in [9.17, 15) is 19.5 Å². The summed E-state index contributed by atoms with van der Waals surface area (Å²) < 4.78 is 32.0. The first-order valence-electron chi connectivity index (χ1n) is 11.3. The number of hydrogen-bond acceptors (Lipinski definition) is 7. The molecule has 0 spiro atoms. The van der Waals surface area contributed by atoms with Gasteiger partial charge in [-0.2, -0.15) is 0 Å². The van der Waals surface area contributed by atoms with E-state index >= 15 is 4.39 Å². The highest BCUT2D eigenvalue weighted by Crippen LogP contribution is 2.38. The number of benzene rings is 1. The highest BCUT2D eigenvalue weighted by molar-refractivity contribution is 5.96. The summed E-state index contributed by atoms with van der Waals surface area (Å²) in [6, 6.07) is 6.76. The largest absolute Gasteiger partial charge is 0.444 e. The minimum absolute atomic E-state index is 0.658. The fourth-order valence-corrected chi connectivity index (χ4v) is 4.53. The fraction of sp³-hybridized carbons (Fsp3) is 0.625. The normalized spacial score (nSPS) is 28.4. The van der Waals surface area contributed by atoms with Gasteiger partial charge in [-0.05, 0) is 54.0 Å². The van der Waals surface area contributed by atoms with Gasteiger partial charge < -0.3 is 19.3 Å². The lowest BCUT2D eigenvalue weighted by molar-refractivity contribution is -0.141. The van der Waals surface area contributed by atoms with Crippen LogP contribution < -0.4 is 0 Å². The van der Waals surface area contributed by atoms with E-state index in [-0.39, 0.29) is 0 Å². The molecule has 0 bridgehead atoms. The molecule has 10 heteroatoms. The smallest absolute Gasteiger partial charge is 0.417 e. The van der Waals surface area contributed by atoms with Crippen LogP contribution in [0.4, 0.5) is 14.0 Å². The predicted molar refractivity (Wildman–Crippen MR) is 119 cm³/mol. The van der Waals surface area contributed by atoms with Gasteiger partial charge in [0.25, 0.3) is 5.91 Å². The van der Waals surface area contributed by atoms with E-state index in [4.69, 9.17) is 14.2 Å². The van der Waals surface area contributed by atoms with E-state index in [1.54, 1.807) is 78.8 Å². The molecule has 188 valence electrons. The lowest BCUT2D eigenvalue weighted by Gasteiger charge is -2.37. The van der Waals surface area contributed by atoms with Crippen LogP contribution in [0.1, 0.15) is 60.1 Å². The van der Waals surface area contributed by atoms with Crippen molar-refractivity contribution in [1.29, 1.82) is 0 Å². The topological polar surface area (TPSA) is 106 Å². The first kappa shape index (κ1) is 25.9. The lowest BCUT2D eigenvalue weighted by Crippen LogP contribution is -2.58. The summed E-state index contributed by atoms with van der Waals surface area (Å²) in [5, 5.41) is 10.9. The van der Waals surface area contributed by atoms with Crippen LogP contribution in [-0.2, 0) is 19.0 Å². The van der Waals surface area contributed by atoms with Gasteiger partial charge in [-0.15, -0.1) is 0 Å². The third kappa shape index (κ3) is 4.88. The van der Waals surface area contributed by atoms with Crippen molar-refractivity contribution in [3.63, 3.8) is 0 Å². The van der Waals surface area contributed by atoms with Gasteiger partial charge in [0.15, 0.2) is 0 Å². The average Bonchev–Trinajstić information content (AvgIpc) is 3.16. The highest BCUT2D eigenvalue weighted by Gasteiger charge is 2.56. The number of halogens is 1. The number of alkyl halides is 1. The van der Waals surface area contributed by atoms with Crippen molar-refractivity contribution >= 4 is 18.1 Å². The Bertz CT molecular complexity index is 933. The van der Waals surface area contributed by atoms with E-state index in [1.165, 1.54) is 0 Å². The zero-order chi connectivity index (χ0) is 25.6. The van der Waals surface area contributed by atoms with E-state index in [1.807, 2.05) is 0 Å². The maximum atomic E-state index is 15.5. The maximum Gasteiger partial charge on any atom is 0.417 e. The molecule has 1 N–H and O–H groups in total. The third-order valence-corrected chi connectivity index (χ3v) is 5.94. The molecule has 2 aliphatic heterocycles. The number of nitrogens with zero attached hydrogens (tertiary/aromatic N) is 2. The summed E-state index contributed by atoms with van der Waals surface area (Å²) in [6.45, 7) is 11.3. The monoisotopic (exact) mass is 480 g/mol. The Labute approximate surface area is 198 Å². The number of imide groups is 1. The second-order valence-corrected chi connectivity index (χ2v) is 10.2. The Morgan fingerprint density at radius 2 is 1.76 bits per heavy atom. The molecule has 0 aromatic heterocycles. The maximum absolute atomic E-state index is 15.5. The van der Waals surface area contributed by atoms with Crippen LogP contribution in [0.5, 0.6) is 0 Å². The van der Waals surface area contributed by atoms with Crippen molar-refractivity contribution in [3.8, 4) is 0 Å². The van der Waals surface area contributed by atoms with E-state index in [2.05, 4.69) is 0 Å². The molecule has 1 aromatic rings. The van der Waals surface area contributed by atoms with Crippen LogP contribution in [0.2, 0.25) is 0 Å². The molecule has 0 radical (unpaired) electrons. The molecule has 6 atom stereocenters. The highest BCUT2D eigenvalue weighted by atomic mass is 19.1. The molecule has 9 nitrogen and oxygen atoms in total. The van der Waals surface area contributed by atoms with Gasteiger partial charge in [-0.25, -0.2) is 18.9 Å². The van der Waals surface area contributed by atoms with E-state index in [0.717, 1.165) is 4.90 Å². The summed E-state index contributed by atoms with van der Waals surface area (Å²) >= 11 is 0. The molecule has 1 aromatic carbocycles. The first-order chi connectivity index (χ1) is 15.7. The Hall–Kier alpha value is -2.72. The van der Waals surface area contributed by atoms with Crippen LogP contribution in [0, 0.1) is 0 Å². The molecule has 3 rings (SSSR count). The predicted octanol–water partition coefficient (Wildman–Crippen LogP) is 3.55. The zero-order valence-corrected chi connectivity index (χ0v) is 20.5. The quantitative estimate of drug-likeness (QED) is 0.702. The van der Waals surface area contributed by atoms with Crippen molar-refractivity contribution < 1.29 is 38.1 Å². The van der Waals surface area contributed by atoms with Crippen LogP contribution in [0.25, 0.3) is 0 Å². The number of amides is 3. The van der Waals surface area contributed by atoms with E-state index < -0.39 is 66.0 Å². The van der Waals surface area contributed by atoms with Crippen molar-refractivity contribution in [1.82, 2.24) is 9.80 Å². The van der Waals surface area contributed by atoms with Gasteiger partial charge in [0.2, 0.25) is 6.17 Å².